The van der Waals surface area contributed by atoms with Gasteiger partial charge < -0.3 is 10.4 Å². The third-order valence-corrected chi connectivity index (χ3v) is 3.68. The average Bonchev–Trinajstić information content (AvgIpc) is 2.59. The number of anilines is 1. The van der Waals surface area contributed by atoms with Crippen LogP contribution in [0.1, 0.15) is 19.0 Å². The number of hydrogen-bond donors (Lipinski definition) is 2. The van der Waals surface area contributed by atoms with Gasteiger partial charge in [-0.2, -0.15) is 0 Å². The third-order valence-electron chi connectivity index (χ3n) is 3.68. The van der Waals surface area contributed by atoms with E-state index >= 15 is 0 Å². The maximum atomic E-state index is 12.9. The zero-order valence-electron chi connectivity index (χ0n) is 14.0. The molecule has 3 rings (SSSR count). The number of nitrogens with zero attached hydrogens (tertiary/aromatic N) is 3. The Balaban J connectivity index is 2.20. The quantitative estimate of drug-likeness (QED) is 0.723. The van der Waals surface area contributed by atoms with Gasteiger partial charge in [0.25, 0.3) is 5.56 Å². The molecule has 26 heavy (non-hydrogen) atoms. The van der Waals surface area contributed by atoms with Gasteiger partial charge in [-0.25, -0.2) is 9.97 Å². The van der Waals surface area contributed by atoms with Crippen LogP contribution in [0.15, 0.2) is 47.4 Å². The molecule has 2 N–H and O–H groups in total. The van der Waals surface area contributed by atoms with Gasteiger partial charge in [0.2, 0.25) is 5.91 Å². The zero-order valence-corrected chi connectivity index (χ0v) is 14.0. The number of carboxylic acid groups (broad SMARTS) is 1. The van der Waals surface area contributed by atoms with Crippen molar-refractivity contribution in [1.29, 1.82) is 0 Å². The number of amides is 1. The Morgan fingerprint density at radius 2 is 2.04 bits per heavy atom. The number of aryl methyl sites for hydroxylation is 1. The van der Waals surface area contributed by atoms with Crippen LogP contribution in [0, 0.1) is 0 Å². The molecule has 0 spiro atoms. The normalized spacial score (nSPS) is 10.7. The highest BCUT2D eigenvalue weighted by atomic mass is 16.4. The lowest BCUT2D eigenvalue weighted by molar-refractivity contribution is -0.137. The molecule has 0 saturated heterocycles. The fraction of sp³-hybridized carbons (Fsp3) is 0.167. The molecular weight excluding hydrogens is 336 g/mol. The molecule has 0 fully saturated rings. The van der Waals surface area contributed by atoms with Crippen molar-refractivity contribution < 1.29 is 14.7 Å². The van der Waals surface area contributed by atoms with Gasteiger partial charge in [0.1, 0.15) is 11.2 Å². The minimum Gasteiger partial charge on any atom is -0.481 e. The van der Waals surface area contributed by atoms with Crippen molar-refractivity contribution in [2.75, 3.05) is 5.32 Å². The monoisotopic (exact) mass is 352 g/mol. The van der Waals surface area contributed by atoms with E-state index in [1.54, 1.807) is 42.6 Å². The molecule has 0 radical (unpaired) electrons. The van der Waals surface area contributed by atoms with E-state index in [2.05, 4.69) is 15.3 Å². The van der Waals surface area contributed by atoms with E-state index in [0.717, 1.165) is 0 Å². The lowest BCUT2D eigenvalue weighted by atomic mass is 10.2. The minimum atomic E-state index is -1.00. The summed E-state index contributed by atoms with van der Waals surface area (Å²) in [6, 6.07) is 10.2. The summed E-state index contributed by atoms with van der Waals surface area (Å²) in [5.41, 5.74) is 1.60. The summed E-state index contributed by atoms with van der Waals surface area (Å²) in [7, 11) is 0. The molecule has 8 heteroatoms. The van der Waals surface area contributed by atoms with E-state index in [1.807, 2.05) is 0 Å². The van der Waals surface area contributed by atoms with Crippen molar-refractivity contribution in [1.82, 2.24) is 14.5 Å². The number of aromatic nitrogens is 3. The van der Waals surface area contributed by atoms with Crippen molar-refractivity contribution in [2.24, 2.45) is 0 Å². The highest BCUT2D eigenvalue weighted by Crippen LogP contribution is 2.17. The molecule has 2 aromatic heterocycles. The Bertz CT molecular complexity index is 1060. The summed E-state index contributed by atoms with van der Waals surface area (Å²) in [4.78, 5) is 43.6. The van der Waals surface area contributed by atoms with Gasteiger partial charge in [-0.1, -0.05) is 6.07 Å². The molecule has 0 saturated carbocycles. The number of hydrogen-bond acceptors (Lipinski definition) is 5. The van der Waals surface area contributed by atoms with E-state index in [0.29, 0.717) is 22.5 Å². The first-order valence-corrected chi connectivity index (χ1v) is 7.92. The molecule has 0 bridgehead atoms. The second-order valence-corrected chi connectivity index (χ2v) is 5.67. The highest BCUT2D eigenvalue weighted by molar-refractivity contribution is 5.89. The van der Waals surface area contributed by atoms with E-state index in [4.69, 9.17) is 5.11 Å². The van der Waals surface area contributed by atoms with Crippen LogP contribution < -0.4 is 10.9 Å². The fourth-order valence-corrected chi connectivity index (χ4v) is 2.62. The van der Waals surface area contributed by atoms with Crippen molar-refractivity contribution in [3.05, 3.63) is 58.6 Å². The van der Waals surface area contributed by atoms with Crippen LogP contribution >= 0.6 is 0 Å². The van der Waals surface area contributed by atoms with Crippen LogP contribution in [0.5, 0.6) is 0 Å². The maximum Gasteiger partial charge on any atom is 0.303 e. The number of benzene rings is 1. The standard InChI is InChI=1S/C18H16N4O4/c1-11(23)20-12-4-2-5-13(10-12)22-17-14(6-3-9-19-17)21-15(18(22)26)7-8-16(24)25/h2-6,9-10H,7-8H2,1H3,(H,20,23)(H,24,25). The molecule has 0 aliphatic heterocycles. The predicted molar refractivity (Wildman–Crippen MR) is 95.4 cm³/mol. The maximum absolute atomic E-state index is 12.9. The number of carbonyl (C=O) groups is 2. The summed E-state index contributed by atoms with van der Waals surface area (Å²) in [5, 5.41) is 11.6. The van der Waals surface area contributed by atoms with Gasteiger partial charge >= 0.3 is 5.97 Å². The predicted octanol–water partition coefficient (Wildman–Crippen LogP) is 1.76. The van der Waals surface area contributed by atoms with Crippen LogP contribution in [0.25, 0.3) is 16.9 Å². The van der Waals surface area contributed by atoms with E-state index in [-0.39, 0.29) is 24.4 Å². The van der Waals surface area contributed by atoms with Crippen molar-refractivity contribution in [3.63, 3.8) is 0 Å². The van der Waals surface area contributed by atoms with E-state index in [9.17, 15) is 14.4 Å². The first-order valence-electron chi connectivity index (χ1n) is 7.92. The first-order chi connectivity index (χ1) is 12.5. The second kappa shape index (κ2) is 7.14. The molecule has 1 aromatic carbocycles. The van der Waals surface area contributed by atoms with E-state index < -0.39 is 11.5 Å². The first kappa shape index (κ1) is 17.3. The Kier molecular flexibility index (Phi) is 4.74. The average molecular weight is 352 g/mol. The molecule has 132 valence electrons. The number of carboxylic acids is 1. The number of fused-ring (bicyclic) bond motifs is 1. The van der Waals surface area contributed by atoms with Crippen LogP contribution in [0.2, 0.25) is 0 Å². The molecule has 0 aliphatic carbocycles. The number of rotatable bonds is 5. The van der Waals surface area contributed by atoms with Gasteiger partial charge in [-0.15, -0.1) is 0 Å². The Hall–Kier alpha value is -3.55. The largest absolute Gasteiger partial charge is 0.481 e. The molecule has 0 atom stereocenters. The summed E-state index contributed by atoms with van der Waals surface area (Å²) in [6.45, 7) is 1.40. The van der Waals surface area contributed by atoms with Crippen LogP contribution in [-0.2, 0) is 16.0 Å². The minimum absolute atomic E-state index is 0.0182. The summed E-state index contributed by atoms with van der Waals surface area (Å²) in [6.07, 6.45) is 1.37. The zero-order chi connectivity index (χ0) is 18.7. The third kappa shape index (κ3) is 3.59. The molecule has 0 aliphatic rings. The number of nitrogens with one attached hydrogen (secondary N) is 1. The fourth-order valence-electron chi connectivity index (χ4n) is 2.62. The number of carbonyl (C=O) groups excluding carboxylic acids is 1. The summed E-state index contributed by atoms with van der Waals surface area (Å²) >= 11 is 0. The second-order valence-electron chi connectivity index (χ2n) is 5.67. The Morgan fingerprint density at radius 1 is 1.23 bits per heavy atom. The smallest absolute Gasteiger partial charge is 0.303 e. The van der Waals surface area contributed by atoms with Gasteiger partial charge in [0.15, 0.2) is 5.65 Å². The highest BCUT2D eigenvalue weighted by Gasteiger charge is 2.14. The number of pyridine rings is 1. The topological polar surface area (TPSA) is 114 Å². The molecular formula is C18H16N4O4. The SMILES string of the molecule is CC(=O)Nc1cccc(-n2c(=O)c(CCC(=O)O)nc3cccnc32)c1. The van der Waals surface area contributed by atoms with Gasteiger partial charge in [0, 0.05) is 25.2 Å². The van der Waals surface area contributed by atoms with Gasteiger partial charge in [0.05, 0.1) is 12.1 Å². The van der Waals surface area contributed by atoms with Crippen LogP contribution in [0.3, 0.4) is 0 Å². The summed E-state index contributed by atoms with van der Waals surface area (Å²) in [5.74, 6) is -1.23. The molecule has 3 aromatic rings. The molecule has 1 amide bonds. The number of aliphatic carboxylic acids is 1. The van der Waals surface area contributed by atoms with E-state index in [1.165, 1.54) is 11.5 Å². The Morgan fingerprint density at radius 3 is 2.77 bits per heavy atom. The lowest BCUT2D eigenvalue weighted by Crippen LogP contribution is -2.25. The van der Waals surface area contributed by atoms with Crippen LogP contribution in [0.4, 0.5) is 5.69 Å². The summed E-state index contributed by atoms with van der Waals surface area (Å²) < 4.78 is 1.38. The van der Waals surface area contributed by atoms with Crippen molar-refractivity contribution in [2.45, 2.75) is 19.8 Å². The Labute approximate surface area is 148 Å². The molecule has 8 nitrogen and oxygen atoms in total. The lowest BCUT2D eigenvalue weighted by Gasteiger charge is -2.12. The molecule has 0 unspecified atom stereocenters. The van der Waals surface area contributed by atoms with Gasteiger partial charge in [-0.3, -0.25) is 19.0 Å². The van der Waals surface area contributed by atoms with Gasteiger partial charge in [-0.05, 0) is 30.3 Å². The van der Waals surface area contributed by atoms with Crippen LogP contribution in [-0.4, -0.2) is 31.5 Å². The van der Waals surface area contributed by atoms with Crippen molar-refractivity contribution in [3.8, 4) is 5.69 Å². The van der Waals surface area contributed by atoms with Crippen molar-refractivity contribution >= 4 is 28.7 Å². The molecule has 2 heterocycles.